The van der Waals surface area contributed by atoms with Crippen molar-refractivity contribution in [2.75, 3.05) is 0 Å². The van der Waals surface area contributed by atoms with Crippen molar-refractivity contribution in [3.8, 4) is 28.7 Å². The number of rotatable bonds is 4. The molecule has 8 heteroatoms. The zero-order chi connectivity index (χ0) is 24.7. The Hall–Kier alpha value is -3.96. The van der Waals surface area contributed by atoms with Gasteiger partial charge in [-0.25, -0.2) is 16.1 Å². The molecule has 0 aliphatic heterocycles. The molecule has 0 N–H and O–H groups in total. The van der Waals surface area contributed by atoms with E-state index in [4.69, 9.17) is 4.74 Å². The fourth-order valence-corrected chi connectivity index (χ4v) is 4.21. The van der Waals surface area contributed by atoms with Crippen LogP contribution in [0.2, 0.25) is 0 Å². The summed E-state index contributed by atoms with van der Waals surface area (Å²) in [6.45, 7) is 6.47. The number of fused-ring (bicyclic) bond motifs is 3. The van der Waals surface area contributed by atoms with Crippen LogP contribution in [0.3, 0.4) is 0 Å². The van der Waals surface area contributed by atoms with Gasteiger partial charge in [-0.05, 0) is 27.9 Å². The van der Waals surface area contributed by atoms with Crippen molar-refractivity contribution in [2.45, 2.75) is 26.2 Å². The number of ether oxygens (including phenoxy) is 1. The number of aromatic nitrogens is 6. The number of pyridine rings is 1. The van der Waals surface area contributed by atoms with Crippen molar-refractivity contribution in [1.82, 2.24) is 29.9 Å². The van der Waals surface area contributed by atoms with Crippen molar-refractivity contribution >= 4 is 21.8 Å². The topological polar surface area (TPSA) is 78.6 Å². The molecular formula is C29H22N6OPt. The third kappa shape index (κ3) is 4.75. The molecule has 6 rings (SSSR count). The standard InChI is InChI=1S/C29H22N6O.Pt/c1-29(2,3)21-12-14-27(30-17-21)36-22-8-6-7-19(15-22)20-11-13-24-23-9-4-5-10-25(23)35(26(24)16-20)28-33-31-18-32-34-28;/h4-14,17-18H,1-3H3;/q-2;+2. The second kappa shape index (κ2) is 9.83. The molecule has 0 spiro atoms. The summed E-state index contributed by atoms with van der Waals surface area (Å²) in [6.07, 6.45) is 3.17. The molecule has 0 saturated heterocycles. The molecule has 0 amide bonds. The molecule has 6 aromatic rings. The Morgan fingerprint density at radius 3 is 2.32 bits per heavy atom. The summed E-state index contributed by atoms with van der Waals surface area (Å²) in [6, 6.07) is 28.8. The fraction of sp³-hybridized carbons (Fsp3) is 0.138. The summed E-state index contributed by atoms with van der Waals surface area (Å²) in [5, 5.41) is 18.3. The minimum absolute atomic E-state index is 0. The van der Waals surface area contributed by atoms with Gasteiger partial charge in [0.1, 0.15) is 0 Å². The quantitative estimate of drug-likeness (QED) is 0.212. The molecule has 37 heavy (non-hydrogen) atoms. The van der Waals surface area contributed by atoms with Crippen molar-refractivity contribution in [3.63, 3.8) is 0 Å². The minimum Gasteiger partial charge on any atom is -0.460 e. The average molecular weight is 666 g/mol. The van der Waals surface area contributed by atoms with E-state index in [2.05, 4.69) is 70.4 Å². The van der Waals surface area contributed by atoms with Gasteiger partial charge >= 0.3 is 21.1 Å². The van der Waals surface area contributed by atoms with Gasteiger partial charge in [0.15, 0.2) is 6.33 Å². The van der Waals surface area contributed by atoms with Crippen LogP contribution < -0.4 is 4.74 Å². The first kappa shape index (κ1) is 24.7. The number of hydrogen-bond donors (Lipinski definition) is 0. The molecule has 3 aromatic heterocycles. The number of benzene rings is 3. The van der Waals surface area contributed by atoms with Gasteiger partial charge in [-0.1, -0.05) is 50.4 Å². The molecule has 0 unspecified atom stereocenters. The van der Waals surface area contributed by atoms with E-state index in [1.807, 2.05) is 65.4 Å². The Bertz CT molecular complexity index is 1690. The third-order valence-electron chi connectivity index (χ3n) is 6.06. The Morgan fingerprint density at radius 1 is 0.784 bits per heavy atom. The Labute approximate surface area is 228 Å². The number of nitrogens with zero attached hydrogens (tertiary/aromatic N) is 6. The van der Waals surface area contributed by atoms with E-state index in [1.165, 1.54) is 6.33 Å². The van der Waals surface area contributed by atoms with E-state index in [0.29, 0.717) is 17.6 Å². The van der Waals surface area contributed by atoms with Crippen LogP contribution in [-0.4, -0.2) is 29.9 Å². The molecule has 0 aliphatic carbocycles. The van der Waals surface area contributed by atoms with Crippen LogP contribution in [0.5, 0.6) is 11.6 Å². The molecule has 0 saturated carbocycles. The predicted octanol–water partition coefficient (Wildman–Crippen LogP) is 6.11. The Kier molecular flexibility index (Phi) is 6.57. The molecule has 0 radical (unpaired) electrons. The smallest absolute Gasteiger partial charge is 0.460 e. The zero-order valence-electron chi connectivity index (χ0n) is 20.4. The van der Waals surface area contributed by atoms with Crippen LogP contribution in [-0.2, 0) is 26.5 Å². The maximum absolute atomic E-state index is 6.01. The van der Waals surface area contributed by atoms with Crippen LogP contribution in [0, 0.1) is 12.1 Å². The van der Waals surface area contributed by atoms with Gasteiger partial charge in [0.2, 0.25) is 5.88 Å². The first-order valence-electron chi connectivity index (χ1n) is 11.6. The number of hydrogen-bond acceptors (Lipinski definition) is 6. The van der Waals surface area contributed by atoms with Gasteiger partial charge in [0, 0.05) is 23.5 Å². The van der Waals surface area contributed by atoms with Crippen molar-refractivity contribution in [2.24, 2.45) is 0 Å². The fourth-order valence-electron chi connectivity index (χ4n) is 4.21. The average Bonchev–Trinajstić information content (AvgIpc) is 3.23. The largest absolute Gasteiger partial charge is 2.00 e. The molecule has 0 bridgehead atoms. The van der Waals surface area contributed by atoms with E-state index >= 15 is 0 Å². The van der Waals surface area contributed by atoms with Crippen molar-refractivity contribution < 1.29 is 25.8 Å². The summed E-state index contributed by atoms with van der Waals surface area (Å²) in [5.74, 6) is 1.50. The van der Waals surface area contributed by atoms with Crippen molar-refractivity contribution in [1.29, 1.82) is 0 Å². The van der Waals surface area contributed by atoms with Gasteiger partial charge in [-0.15, -0.1) is 38.6 Å². The van der Waals surface area contributed by atoms with Crippen LogP contribution in [0.15, 0.2) is 79.3 Å². The molecule has 0 aliphatic rings. The second-order valence-corrected chi connectivity index (χ2v) is 9.50. The molecule has 0 atom stereocenters. The Morgan fingerprint density at radius 2 is 1.57 bits per heavy atom. The SMILES string of the molecule is CC(C)(C)c1ccc(Oc2[c-]c(-c3[c-]c4c(cc3)c3ccccc3n4-c3nncnn3)ccc2)nc1.[Pt+2]. The van der Waals surface area contributed by atoms with E-state index in [0.717, 1.165) is 38.5 Å². The second-order valence-electron chi connectivity index (χ2n) is 9.50. The van der Waals surface area contributed by atoms with E-state index in [1.54, 1.807) is 0 Å². The van der Waals surface area contributed by atoms with Crippen LogP contribution >= 0.6 is 0 Å². The van der Waals surface area contributed by atoms with Crippen LogP contribution in [0.4, 0.5) is 0 Å². The first-order chi connectivity index (χ1) is 17.5. The third-order valence-corrected chi connectivity index (χ3v) is 6.06. The molecule has 0 fully saturated rings. The normalized spacial score (nSPS) is 11.4. The molecule has 3 heterocycles. The van der Waals surface area contributed by atoms with Crippen LogP contribution in [0.1, 0.15) is 26.3 Å². The van der Waals surface area contributed by atoms with Gasteiger partial charge in [0.05, 0.1) is 0 Å². The number of para-hydroxylation sites is 1. The molecule has 7 nitrogen and oxygen atoms in total. The Balaban J connectivity index is 0.00000280. The molecule has 3 aromatic carbocycles. The van der Waals surface area contributed by atoms with Gasteiger partial charge in [-0.2, -0.15) is 24.3 Å². The molecule has 184 valence electrons. The van der Waals surface area contributed by atoms with Gasteiger partial charge < -0.3 is 4.74 Å². The summed E-state index contributed by atoms with van der Waals surface area (Å²) in [7, 11) is 0. The van der Waals surface area contributed by atoms with E-state index < -0.39 is 0 Å². The predicted molar refractivity (Wildman–Crippen MR) is 138 cm³/mol. The maximum atomic E-state index is 6.01. The monoisotopic (exact) mass is 665 g/mol. The molecular weight excluding hydrogens is 643 g/mol. The van der Waals surface area contributed by atoms with E-state index in [-0.39, 0.29) is 26.5 Å². The van der Waals surface area contributed by atoms with Gasteiger partial charge in [-0.3, -0.25) is 4.57 Å². The van der Waals surface area contributed by atoms with E-state index in [9.17, 15) is 0 Å². The summed E-state index contributed by atoms with van der Waals surface area (Å²) >= 11 is 0. The van der Waals surface area contributed by atoms with Crippen LogP contribution in [0.25, 0.3) is 38.9 Å². The zero-order valence-corrected chi connectivity index (χ0v) is 22.7. The van der Waals surface area contributed by atoms with Gasteiger partial charge in [0.25, 0.3) is 5.95 Å². The summed E-state index contributed by atoms with van der Waals surface area (Å²) in [5.41, 5.74) is 4.70. The first-order valence-corrected chi connectivity index (χ1v) is 11.6. The van der Waals surface area contributed by atoms with Crippen molar-refractivity contribution in [3.05, 3.63) is 97.0 Å². The minimum atomic E-state index is 0. The summed E-state index contributed by atoms with van der Waals surface area (Å²) in [4.78, 5) is 4.47. The maximum Gasteiger partial charge on any atom is 2.00 e. The summed E-state index contributed by atoms with van der Waals surface area (Å²) < 4.78 is 7.94.